The molecule has 1 heteroatoms. The largest absolute Gasteiger partial charge is 0.370 e. The predicted octanol–water partition coefficient (Wildman–Crippen LogP) is 5.11. The van der Waals surface area contributed by atoms with Crippen molar-refractivity contribution in [2.75, 3.05) is 0 Å². The van der Waals surface area contributed by atoms with Crippen molar-refractivity contribution in [1.29, 1.82) is 0 Å². The molecule has 0 amide bonds. The van der Waals surface area contributed by atoms with Gasteiger partial charge in [0.15, 0.2) is 0 Å². The lowest BCUT2D eigenvalue weighted by atomic mass is 9.98. The third kappa shape index (κ3) is 3.73. The molecule has 0 saturated heterocycles. The molecule has 1 rings (SSSR count). The number of hydrogen-bond donors (Lipinski definition) is 0. The zero-order valence-electron chi connectivity index (χ0n) is 13.2. The summed E-state index contributed by atoms with van der Waals surface area (Å²) >= 11 is 0. The van der Waals surface area contributed by atoms with Gasteiger partial charge in [-0.15, -0.1) is 0 Å². The average molecular weight is 257 g/mol. The molecule has 1 aromatic carbocycles. The quantitative estimate of drug-likeness (QED) is 0.662. The lowest BCUT2D eigenvalue weighted by molar-refractivity contribution is 0.230. The highest BCUT2D eigenvalue weighted by Gasteiger charge is 2.16. The molecule has 0 fully saturated rings. The highest BCUT2D eigenvalue weighted by molar-refractivity contribution is 5.77. The molecular formula is C18H27N. The second-order valence-corrected chi connectivity index (χ2v) is 5.65. The molecule has 0 aliphatic rings. The fourth-order valence-corrected chi connectivity index (χ4v) is 2.64. The summed E-state index contributed by atoms with van der Waals surface area (Å²) in [6, 6.07) is 11.4. The van der Waals surface area contributed by atoms with Gasteiger partial charge in [-0.05, 0) is 58.3 Å². The molecule has 104 valence electrons. The van der Waals surface area contributed by atoms with E-state index in [0.29, 0.717) is 12.1 Å². The van der Waals surface area contributed by atoms with Crippen LogP contribution in [-0.2, 0) is 0 Å². The van der Waals surface area contributed by atoms with Crippen molar-refractivity contribution in [3.05, 3.63) is 53.7 Å². The van der Waals surface area contributed by atoms with Gasteiger partial charge in [0.25, 0.3) is 0 Å². The van der Waals surface area contributed by atoms with Crippen LogP contribution in [0.1, 0.15) is 47.1 Å². The van der Waals surface area contributed by atoms with E-state index in [2.05, 4.69) is 77.3 Å². The summed E-state index contributed by atoms with van der Waals surface area (Å²) in [5.41, 5.74) is 4.91. The van der Waals surface area contributed by atoms with Crippen molar-refractivity contribution in [3.63, 3.8) is 0 Å². The van der Waals surface area contributed by atoms with Gasteiger partial charge < -0.3 is 4.90 Å². The fourth-order valence-electron chi connectivity index (χ4n) is 2.64. The third-order valence-electron chi connectivity index (χ3n) is 3.62. The van der Waals surface area contributed by atoms with Gasteiger partial charge in [-0.1, -0.05) is 36.9 Å². The first-order chi connectivity index (χ1) is 8.86. The highest BCUT2D eigenvalue weighted by atomic mass is 15.2. The van der Waals surface area contributed by atoms with Crippen LogP contribution in [0, 0.1) is 0 Å². The maximum atomic E-state index is 4.26. The second kappa shape index (κ2) is 6.60. The summed E-state index contributed by atoms with van der Waals surface area (Å²) < 4.78 is 0. The van der Waals surface area contributed by atoms with E-state index in [1.165, 1.54) is 16.8 Å². The van der Waals surface area contributed by atoms with Gasteiger partial charge in [0.1, 0.15) is 0 Å². The SMILES string of the molecule is C=C(/C(C)=C(\C)N(C(C)C)C(C)C)c1ccccc1. The molecule has 0 aliphatic heterocycles. The number of hydrogen-bond acceptors (Lipinski definition) is 1. The van der Waals surface area contributed by atoms with Gasteiger partial charge in [-0.3, -0.25) is 0 Å². The van der Waals surface area contributed by atoms with Gasteiger partial charge >= 0.3 is 0 Å². The van der Waals surface area contributed by atoms with E-state index >= 15 is 0 Å². The molecule has 0 spiro atoms. The summed E-state index contributed by atoms with van der Waals surface area (Å²) in [4.78, 5) is 2.45. The van der Waals surface area contributed by atoms with Crippen LogP contribution in [0.2, 0.25) is 0 Å². The first-order valence-electron chi connectivity index (χ1n) is 7.06. The Morgan fingerprint density at radius 3 is 1.84 bits per heavy atom. The minimum Gasteiger partial charge on any atom is -0.370 e. The van der Waals surface area contributed by atoms with Crippen molar-refractivity contribution in [3.8, 4) is 0 Å². The van der Waals surface area contributed by atoms with E-state index in [0.717, 1.165) is 5.57 Å². The van der Waals surface area contributed by atoms with E-state index in [4.69, 9.17) is 0 Å². The molecule has 0 aromatic heterocycles. The van der Waals surface area contributed by atoms with E-state index in [1.54, 1.807) is 0 Å². The van der Waals surface area contributed by atoms with Gasteiger partial charge in [-0.2, -0.15) is 0 Å². The van der Waals surface area contributed by atoms with E-state index in [-0.39, 0.29) is 0 Å². The zero-order valence-corrected chi connectivity index (χ0v) is 13.2. The molecule has 0 N–H and O–H groups in total. The van der Waals surface area contributed by atoms with Crippen molar-refractivity contribution in [1.82, 2.24) is 4.90 Å². The van der Waals surface area contributed by atoms with Gasteiger partial charge in [0.05, 0.1) is 0 Å². The maximum Gasteiger partial charge on any atom is 0.0233 e. The highest BCUT2D eigenvalue weighted by Crippen LogP contribution is 2.26. The van der Waals surface area contributed by atoms with Crippen molar-refractivity contribution in [2.24, 2.45) is 0 Å². The zero-order chi connectivity index (χ0) is 14.6. The Kier molecular flexibility index (Phi) is 5.41. The fraction of sp³-hybridized carbons (Fsp3) is 0.444. The summed E-state index contributed by atoms with van der Waals surface area (Å²) in [5, 5.41) is 0. The molecule has 0 bridgehead atoms. The molecule has 0 saturated carbocycles. The first kappa shape index (κ1) is 15.6. The van der Waals surface area contributed by atoms with E-state index in [9.17, 15) is 0 Å². The number of allylic oxidation sites excluding steroid dienone is 3. The molecular weight excluding hydrogens is 230 g/mol. The summed E-state index contributed by atoms with van der Waals surface area (Å²) in [6.07, 6.45) is 0. The summed E-state index contributed by atoms with van der Waals surface area (Å²) in [6.45, 7) is 17.6. The van der Waals surface area contributed by atoms with Crippen LogP contribution in [0.3, 0.4) is 0 Å². The molecule has 0 heterocycles. The second-order valence-electron chi connectivity index (χ2n) is 5.65. The Bertz CT molecular complexity index is 444. The first-order valence-corrected chi connectivity index (χ1v) is 7.06. The smallest absolute Gasteiger partial charge is 0.0233 e. The molecule has 0 atom stereocenters. The molecule has 0 unspecified atom stereocenters. The van der Waals surface area contributed by atoms with Crippen LogP contribution in [0.4, 0.5) is 0 Å². The van der Waals surface area contributed by atoms with E-state index < -0.39 is 0 Å². The molecule has 1 aromatic rings. The van der Waals surface area contributed by atoms with Crippen LogP contribution >= 0.6 is 0 Å². The maximum absolute atomic E-state index is 4.26. The van der Waals surface area contributed by atoms with Crippen molar-refractivity contribution >= 4 is 5.57 Å². The van der Waals surface area contributed by atoms with Gasteiger partial charge in [0.2, 0.25) is 0 Å². The number of benzene rings is 1. The standard InChI is InChI=1S/C18H27N/c1-13(2)19(14(3)4)17(7)15(5)16(6)18-11-9-8-10-12-18/h8-14H,6H2,1-5,7H3/b17-15+. The van der Waals surface area contributed by atoms with Crippen LogP contribution < -0.4 is 0 Å². The summed E-state index contributed by atoms with van der Waals surface area (Å²) in [7, 11) is 0. The Labute approximate surface area is 118 Å². The Balaban J connectivity index is 3.11. The van der Waals surface area contributed by atoms with Gasteiger partial charge in [-0.25, -0.2) is 0 Å². The minimum absolute atomic E-state index is 0.499. The van der Waals surface area contributed by atoms with Crippen LogP contribution in [0.5, 0.6) is 0 Å². The Hall–Kier alpha value is -1.50. The molecule has 19 heavy (non-hydrogen) atoms. The van der Waals surface area contributed by atoms with Gasteiger partial charge in [0, 0.05) is 17.8 Å². The molecule has 0 radical (unpaired) electrons. The lowest BCUT2D eigenvalue weighted by Gasteiger charge is -2.35. The monoisotopic (exact) mass is 257 g/mol. The predicted molar refractivity (Wildman–Crippen MR) is 86.0 cm³/mol. The molecule has 0 aliphatic carbocycles. The van der Waals surface area contributed by atoms with E-state index in [1.807, 2.05) is 6.07 Å². The summed E-state index contributed by atoms with van der Waals surface area (Å²) in [5.74, 6) is 0. The minimum atomic E-state index is 0.499. The van der Waals surface area contributed by atoms with Crippen molar-refractivity contribution in [2.45, 2.75) is 53.6 Å². The normalized spacial score (nSPS) is 12.6. The van der Waals surface area contributed by atoms with Crippen LogP contribution in [0.25, 0.3) is 5.57 Å². The lowest BCUT2D eigenvalue weighted by Crippen LogP contribution is -2.35. The number of rotatable bonds is 5. The molecule has 1 nitrogen and oxygen atoms in total. The Morgan fingerprint density at radius 1 is 0.947 bits per heavy atom. The van der Waals surface area contributed by atoms with Crippen LogP contribution in [0.15, 0.2) is 48.2 Å². The number of nitrogens with zero attached hydrogens (tertiary/aromatic N) is 1. The third-order valence-corrected chi connectivity index (χ3v) is 3.62. The Morgan fingerprint density at radius 2 is 1.42 bits per heavy atom. The van der Waals surface area contributed by atoms with Crippen LogP contribution in [-0.4, -0.2) is 17.0 Å². The average Bonchev–Trinajstić information content (AvgIpc) is 2.37. The topological polar surface area (TPSA) is 3.24 Å². The van der Waals surface area contributed by atoms with Crippen molar-refractivity contribution < 1.29 is 0 Å².